The number of Topliss-reactive ketones (excluding diaryl/α,β-unsaturated/α-hetero) is 1. The third kappa shape index (κ3) is 2.43. The van der Waals surface area contributed by atoms with Gasteiger partial charge >= 0.3 is 0 Å². The van der Waals surface area contributed by atoms with Crippen molar-refractivity contribution >= 4 is 21.7 Å². The Balaban J connectivity index is 2.97. The third-order valence-corrected chi connectivity index (χ3v) is 2.93. The second kappa shape index (κ2) is 4.92. The fourth-order valence-corrected chi connectivity index (χ4v) is 1.39. The quantitative estimate of drug-likeness (QED) is 0.613. The minimum absolute atomic E-state index is 0.0519. The summed E-state index contributed by atoms with van der Waals surface area (Å²) < 4.78 is 0. The van der Waals surface area contributed by atoms with Crippen LogP contribution in [-0.4, -0.2) is 11.1 Å². The SMILES string of the molecule is CC(CBr)C(=O)c1cccc(C#N)c1. The summed E-state index contributed by atoms with van der Waals surface area (Å²) in [5.74, 6) is 0.0166. The zero-order chi connectivity index (χ0) is 10.6. The van der Waals surface area contributed by atoms with E-state index in [1.165, 1.54) is 0 Å². The van der Waals surface area contributed by atoms with E-state index in [-0.39, 0.29) is 11.7 Å². The molecule has 14 heavy (non-hydrogen) atoms. The number of rotatable bonds is 3. The molecule has 2 nitrogen and oxygen atoms in total. The molecule has 0 bridgehead atoms. The van der Waals surface area contributed by atoms with E-state index in [9.17, 15) is 4.79 Å². The largest absolute Gasteiger partial charge is 0.294 e. The molecule has 0 amide bonds. The van der Waals surface area contributed by atoms with Gasteiger partial charge in [-0.3, -0.25) is 4.79 Å². The van der Waals surface area contributed by atoms with Crippen LogP contribution in [0.15, 0.2) is 24.3 Å². The first kappa shape index (κ1) is 10.9. The Morgan fingerprint density at radius 1 is 1.64 bits per heavy atom. The number of carbonyl (C=O) groups excluding carboxylic acids is 1. The normalized spacial score (nSPS) is 11.8. The number of benzene rings is 1. The van der Waals surface area contributed by atoms with Crippen LogP contribution >= 0.6 is 15.9 Å². The molecular weight excluding hydrogens is 242 g/mol. The van der Waals surface area contributed by atoms with Crippen LogP contribution in [-0.2, 0) is 0 Å². The molecule has 1 aromatic rings. The second-order valence-electron chi connectivity index (χ2n) is 3.11. The summed E-state index contributed by atoms with van der Waals surface area (Å²) in [6.45, 7) is 1.86. The highest BCUT2D eigenvalue weighted by Gasteiger charge is 2.13. The summed E-state index contributed by atoms with van der Waals surface area (Å²) in [6.07, 6.45) is 0. The summed E-state index contributed by atoms with van der Waals surface area (Å²) >= 11 is 3.26. The van der Waals surface area contributed by atoms with E-state index in [4.69, 9.17) is 5.26 Å². The molecule has 1 unspecified atom stereocenters. The van der Waals surface area contributed by atoms with Gasteiger partial charge in [0.05, 0.1) is 11.6 Å². The second-order valence-corrected chi connectivity index (χ2v) is 3.76. The molecule has 1 aromatic carbocycles. The predicted octanol–water partition coefficient (Wildman–Crippen LogP) is 2.77. The van der Waals surface area contributed by atoms with Crippen LogP contribution in [0.3, 0.4) is 0 Å². The van der Waals surface area contributed by atoms with E-state index >= 15 is 0 Å². The van der Waals surface area contributed by atoms with E-state index < -0.39 is 0 Å². The molecule has 0 radical (unpaired) electrons. The van der Waals surface area contributed by atoms with Gasteiger partial charge in [0, 0.05) is 16.8 Å². The minimum atomic E-state index is -0.0519. The number of halogens is 1. The molecule has 0 aromatic heterocycles. The maximum absolute atomic E-state index is 11.7. The van der Waals surface area contributed by atoms with Crippen LogP contribution in [0, 0.1) is 17.2 Å². The average Bonchev–Trinajstić information content (AvgIpc) is 2.27. The zero-order valence-electron chi connectivity index (χ0n) is 7.83. The topological polar surface area (TPSA) is 40.9 Å². The standard InChI is InChI=1S/C11H10BrNO/c1-8(6-12)11(14)10-4-2-3-9(5-10)7-13/h2-5,8H,6H2,1H3. The molecule has 0 saturated carbocycles. The number of carbonyl (C=O) groups is 1. The molecule has 3 heteroatoms. The molecule has 0 spiro atoms. The van der Waals surface area contributed by atoms with E-state index in [0.717, 1.165) is 0 Å². The van der Waals surface area contributed by atoms with Crippen molar-refractivity contribution in [3.8, 4) is 6.07 Å². The van der Waals surface area contributed by atoms with Crippen molar-refractivity contribution in [3.05, 3.63) is 35.4 Å². The van der Waals surface area contributed by atoms with Crippen molar-refractivity contribution in [3.63, 3.8) is 0 Å². The average molecular weight is 252 g/mol. The summed E-state index contributed by atoms with van der Waals surface area (Å²) in [5.41, 5.74) is 1.13. The first-order chi connectivity index (χ1) is 6.69. The molecular formula is C11H10BrNO. The smallest absolute Gasteiger partial charge is 0.166 e. The molecule has 0 saturated heterocycles. The lowest BCUT2D eigenvalue weighted by Gasteiger charge is -2.06. The van der Waals surface area contributed by atoms with Crippen molar-refractivity contribution in [1.29, 1.82) is 5.26 Å². The number of hydrogen-bond acceptors (Lipinski definition) is 2. The van der Waals surface area contributed by atoms with Crippen LogP contribution in [0.1, 0.15) is 22.8 Å². The van der Waals surface area contributed by atoms with Gasteiger partial charge in [-0.2, -0.15) is 5.26 Å². The predicted molar refractivity (Wildman–Crippen MR) is 58.4 cm³/mol. The molecule has 0 fully saturated rings. The third-order valence-electron chi connectivity index (χ3n) is 1.96. The lowest BCUT2D eigenvalue weighted by atomic mass is 10.00. The van der Waals surface area contributed by atoms with Gasteiger partial charge < -0.3 is 0 Å². The van der Waals surface area contributed by atoms with Gasteiger partial charge in [0.15, 0.2) is 5.78 Å². The molecule has 1 rings (SSSR count). The van der Waals surface area contributed by atoms with E-state index in [1.807, 2.05) is 13.0 Å². The first-order valence-corrected chi connectivity index (χ1v) is 5.41. The highest BCUT2D eigenvalue weighted by Crippen LogP contribution is 2.12. The maximum atomic E-state index is 11.7. The molecule has 1 atom stereocenters. The van der Waals surface area contributed by atoms with Gasteiger partial charge in [0.2, 0.25) is 0 Å². The number of nitriles is 1. The van der Waals surface area contributed by atoms with Gasteiger partial charge in [-0.05, 0) is 12.1 Å². The molecule has 0 aliphatic heterocycles. The molecule has 72 valence electrons. The summed E-state index contributed by atoms with van der Waals surface area (Å²) in [7, 11) is 0. The fraction of sp³-hybridized carbons (Fsp3) is 0.273. The maximum Gasteiger partial charge on any atom is 0.166 e. The Kier molecular flexibility index (Phi) is 3.84. The number of hydrogen-bond donors (Lipinski definition) is 0. The molecule has 0 heterocycles. The summed E-state index contributed by atoms with van der Waals surface area (Å²) in [5, 5.41) is 9.31. The Bertz CT molecular complexity index is 381. The number of alkyl halides is 1. The van der Waals surface area contributed by atoms with Crippen LogP contribution in [0.5, 0.6) is 0 Å². The Morgan fingerprint density at radius 3 is 2.93 bits per heavy atom. The number of nitrogens with zero attached hydrogens (tertiary/aromatic N) is 1. The fourth-order valence-electron chi connectivity index (χ4n) is 1.10. The van der Waals surface area contributed by atoms with Crippen LogP contribution in [0.4, 0.5) is 0 Å². The molecule has 0 aliphatic carbocycles. The van der Waals surface area contributed by atoms with E-state index in [1.54, 1.807) is 24.3 Å². The first-order valence-electron chi connectivity index (χ1n) is 4.29. The summed E-state index contributed by atoms with van der Waals surface area (Å²) in [4.78, 5) is 11.7. The Labute approximate surface area is 91.7 Å². The van der Waals surface area contributed by atoms with Crippen LogP contribution in [0.25, 0.3) is 0 Å². The van der Waals surface area contributed by atoms with Gasteiger partial charge in [-0.1, -0.05) is 35.0 Å². The lowest BCUT2D eigenvalue weighted by molar-refractivity contribution is 0.0942. The van der Waals surface area contributed by atoms with E-state index in [0.29, 0.717) is 16.5 Å². The Morgan fingerprint density at radius 2 is 2.36 bits per heavy atom. The zero-order valence-corrected chi connectivity index (χ0v) is 9.41. The van der Waals surface area contributed by atoms with Crippen LogP contribution in [0.2, 0.25) is 0 Å². The van der Waals surface area contributed by atoms with E-state index in [2.05, 4.69) is 15.9 Å². The van der Waals surface area contributed by atoms with Crippen LogP contribution < -0.4 is 0 Å². The highest BCUT2D eigenvalue weighted by molar-refractivity contribution is 9.09. The van der Waals surface area contributed by atoms with Gasteiger partial charge in [0.25, 0.3) is 0 Å². The lowest BCUT2D eigenvalue weighted by Crippen LogP contribution is -2.12. The molecule has 0 aliphatic rings. The van der Waals surface area contributed by atoms with Crippen molar-refractivity contribution in [2.75, 3.05) is 5.33 Å². The van der Waals surface area contributed by atoms with Gasteiger partial charge in [-0.25, -0.2) is 0 Å². The number of ketones is 1. The minimum Gasteiger partial charge on any atom is -0.294 e. The van der Waals surface area contributed by atoms with Crippen molar-refractivity contribution < 1.29 is 4.79 Å². The monoisotopic (exact) mass is 251 g/mol. The van der Waals surface area contributed by atoms with Crippen molar-refractivity contribution in [1.82, 2.24) is 0 Å². The van der Waals surface area contributed by atoms with Crippen molar-refractivity contribution in [2.24, 2.45) is 5.92 Å². The summed E-state index contributed by atoms with van der Waals surface area (Å²) in [6, 6.07) is 8.80. The Hall–Kier alpha value is -1.14. The van der Waals surface area contributed by atoms with Gasteiger partial charge in [-0.15, -0.1) is 0 Å². The van der Waals surface area contributed by atoms with Crippen molar-refractivity contribution in [2.45, 2.75) is 6.92 Å². The highest BCUT2D eigenvalue weighted by atomic mass is 79.9. The molecule has 0 N–H and O–H groups in total. The van der Waals surface area contributed by atoms with Gasteiger partial charge in [0.1, 0.15) is 0 Å².